The summed E-state index contributed by atoms with van der Waals surface area (Å²) in [6, 6.07) is 5.58. The maximum absolute atomic E-state index is 11.9. The summed E-state index contributed by atoms with van der Waals surface area (Å²) in [7, 11) is 0. The topological polar surface area (TPSA) is 63.7 Å². The average molecular weight is 396 g/mol. The summed E-state index contributed by atoms with van der Waals surface area (Å²) in [5, 5.41) is 5.10. The lowest BCUT2D eigenvalue weighted by atomic mass is 10.2. The monoisotopic (exact) mass is 395 g/mol. The standard InChI is InChI=1S/C18H22ClN3O3S/c19-15-10-14(11-20-18(23)16-12-26-13-21-16)2-3-17(15)25-7-1-4-22-5-8-24-9-6-22/h2-3,10,12-13H,1,4-9,11H2,(H,20,23). The SMILES string of the molecule is O=C(NCc1ccc(OCCCN2CCOCC2)c(Cl)c1)c1cscn1. The zero-order valence-electron chi connectivity index (χ0n) is 14.4. The van der Waals surface area contributed by atoms with E-state index in [4.69, 9.17) is 21.1 Å². The van der Waals surface area contributed by atoms with Gasteiger partial charge in [0.05, 0.1) is 30.4 Å². The Morgan fingerprint density at radius 2 is 2.23 bits per heavy atom. The van der Waals surface area contributed by atoms with Gasteiger partial charge in [-0.2, -0.15) is 0 Å². The van der Waals surface area contributed by atoms with Crippen LogP contribution in [0.3, 0.4) is 0 Å². The van der Waals surface area contributed by atoms with E-state index in [2.05, 4.69) is 15.2 Å². The summed E-state index contributed by atoms with van der Waals surface area (Å²) < 4.78 is 11.1. The largest absolute Gasteiger partial charge is 0.492 e. The number of carbonyl (C=O) groups excluding carboxylic acids is 1. The van der Waals surface area contributed by atoms with Crippen LogP contribution in [0.1, 0.15) is 22.5 Å². The molecular weight excluding hydrogens is 374 g/mol. The van der Waals surface area contributed by atoms with Crippen LogP contribution >= 0.6 is 22.9 Å². The fourth-order valence-corrected chi connectivity index (χ4v) is 3.45. The molecule has 1 amide bonds. The Balaban J connectivity index is 1.41. The van der Waals surface area contributed by atoms with Gasteiger partial charge in [0, 0.05) is 31.6 Å². The molecule has 2 heterocycles. The fourth-order valence-electron chi connectivity index (χ4n) is 2.66. The predicted octanol–water partition coefficient (Wildman–Crippen LogP) is 2.83. The molecule has 1 N–H and O–H groups in total. The lowest BCUT2D eigenvalue weighted by Crippen LogP contribution is -2.37. The Hall–Kier alpha value is -1.67. The van der Waals surface area contributed by atoms with Crippen molar-refractivity contribution < 1.29 is 14.3 Å². The molecule has 1 aromatic heterocycles. The maximum Gasteiger partial charge on any atom is 0.271 e. The van der Waals surface area contributed by atoms with Crippen molar-refractivity contribution in [3.8, 4) is 5.75 Å². The minimum atomic E-state index is -0.189. The van der Waals surface area contributed by atoms with Crippen molar-refractivity contribution in [1.29, 1.82) is 0 Å². The first-order valence-electron chi connectivity index (χ1n) is 8.60. The van der Waals surface area contributed by atoms with E-state index in [0.717, 1.165) is 44.8 Å². The van der Waals surface area contributed by atoms with Crippen LogP contribution in [-0.4, -0.2) is 55.2 Å². The van der Waals surface area contributed by atoms with Gasteiger partial charge in [-0.25, -0.2) is 4.98 Å². The van der Waals surface area contributed by atoms with Crippen LogP contribution in [0, 0.1) is 0 Å². The van der Waals surface area contributed by atoms with Crippen molar-refractivity contribution in [3.63, 3.8) is 0 Å². The van der Waals surface area contributed by atoms with Crippen LogP contribution in [0.25, 0.3) is 0 Å². The van der Waals surface area contributed by atoms with Crippen molar-refractivity contribution in [3.05, 3.63) is 45.4 Å². The van der Waals surface area contributed by atoms with E-state index in [0.29, 0.717) is 29.6 Å². The number of nitrogens with zero attached hydrogens (tertiary/aromatic N) is 2. The quantitative estimate of drug-likeness (QED) is 0.696. The molecule has 0 aliphatic carbocycles. The number of morpholine rings is 1. The van der Waals surface area contributed by atoms with Crippen molar-refractivity contribution in [2.45, 2.75) is 13.0 Å². The van der Waals surface area contributed by atoms with E-state index in [1.165, 1.54) is 11.3 Å². The maximum atomic E-state index is 11.9. The molecule has 26 heavy (non-hydrogen) atoms. The van der Waals surface area contributed by atoms with Crippen LogP contribution < -0.4 is 10.1 Å². The second-order valence-corrected chi connectivity index (χ2v) is 7.10. The molecule has 1 aliphatic rings. The first-order valence-corrected chi connectivity index (χ1v) is 9.92. The average Bonchev–Trinajstić information content (AvgIpc) is 3.20. The number of ether oxygens (including phenoxy) is 2. The van der Waals surface area contributed by atoms with E-state index in [1.54, 1.807) is 10.9 Å². The normalized spacial score (nSPS) is 15.0. The molecular formula is C18H22ClN3O3S. The number of amides is 1. The highest BCUT2D eigenvalue weighted by Crippen LogP contribution is 2.25. The summed E-state index contributed by atoms with van der Waals surface area (Å²) in [4.78, 5) is 18.3. The van der Waals surface area contributed by atoms with E-state index >= 15 is 0 Å². The number of nitrogens with one attached hydrogen (secondary N) is 1. The molecule has 3 rings (SSSR count). The van der Waals surface area contributed by atoms with E-state index in [1.807, 2.05) is 18.2 Å². The predicted molar refractivity (Wildman–Crippen MR) is 102 cm³/mol. The van der Waals surface area contributed by atoms with E-state index < -0.39 is 0 Å². The summed E-state index contributed by atoms with van der Waals surface area (Å²) in [5.74, 6) is 0.481. The van der Waals surface area contributed by atoms with Gasteiger partial charge in [-0.3, -0.25) is 9.69 Å². The van der Waals surface area contributed by atoms with Crippen molar-refractivity contribution in [2.75, 3.05) is 39.5 Å². The minimum absolute atomic E-state index is 0.189. The number of thiazole rings is 1. The summed E-state index contributed by atoms with van der Waals surface area (Å²) >= 11 is 7.69. The molecule has 6 nitrogen and oxygen atoms in total. The van der Waals surface area contributed by atoms with Crippen LogP contribution in [-0.2, 0) is 11.3 Å². The molecule has 1 saturated heterocycles. The Bertz CT molecular complexity index is 706. The number of benzene rings is 1. The third-order valence-electron chi connectivity index (χ3n) is 4.09. The van der Waals surface area contributed by atoms with Crippen LogP contribution in [0.15, 0.2) is 29.1 Å². The molecule has 0 spiro atoms. The van der Waals surface area contributed by atoms with Gasteiger partial charge in [0.1, 0.15) is 11.4 Å². The third-order valence-corrected chi connectivity index (χ3v) is 4.98. The number of rotatable bonds is 8. The summed E-state index contributed by atoms with van der Waals surface area (Å²) in [5.41, 5.74) is 2.98. The number of hydrogen-bond acceptors (Lipinski definition) is 6. The molecule has 1 aliphatic heterocycles. The molecule has 0 radical (unpaired) electrons. The van der Waals surface area contributed by atoms with E-state index in [9.17, 15) is 4.79 Å². The van der Waals surface area contributed by atoms with Crippen molar-refractivity contribution in [1.82, 2.24) is 15.2 Å². The van der Waals surface area contributed by atoms with Gasteiger partial charge in [-0.1, -0.05) is 17.7 Å². The van der Waals surface area contributed by atoms with Gasteiger partial charge in [0.15, 0.2) is 0 Å². The Morgan fingerprint density at radius 3 is 2.96 bits per heavy atom. The highest BCUT2D eigenvalue weighted by Gasteiger charge is 2.10. The second kappa shape index (κ2) is 9.87. The van der Waals surface area contributed by atoms with Crippen molar-refractivity contribution >= 4 is 28.8 Å². The summed E-state index contributed by atoms with van der Waals surface area (Å²) in [6.45, 7) is 5.62. The minimum Gasteiger partial charge on any atom is -0.492 e. The smallest absolute Gasteiger partial charge is 0.271 e. The van der Waals surface area contributed by atoms with Gasteiger partial charge in [-0.05, 0) is 24.1 Å². The Morgan fingerprint density at radius 1 is 1.38 bits per heavy atom. The number of hydrogen-bond donors (Lipinski definition) is 1. The molecule has 2 aromatic rings. The first kappa shape index (κ1) is 19.1. The van der Waals surface area contributed by atoms with Crippen LogP contribution in [0.2, 0.25) is 5.02 Å². The van der Waals surface area contributed by atoms with Gasteiger partial charge in [0.25, 0.3) is 5.91 Å². The summed E-state index contributed by atoms with van der Waals surface area (Å²) in [6.07, 6.45) is 0.946. The zero-order chi connectivity index (χ0) is 18.2. The Labute approximate surface area is 162 Å². The highest BCUT2D eigenvalue weighted by atomic mass is 35.5. The van der Waals surface area contributed by atoms with Crippen LogP contribution in [0.4, 0.5) is 0 Å². The van der Waals surface area contributed by atoms with Gasteiger partial charge < -0.3 is 14.8 Å². The second-order valence-electron chi connectivity index (χ2n) is 5.98. The molecule has 0 bridgehead atoms. The van der Waals surface area contributed by atoms with Crippen molar-refractivity contribution in [2.24, 2.45) is 0 Å². The van der Waals surface area contributed by atoms with Gasteiger partial charge in [0.2, 0.25) is 0 Å². The number of halogens is 1. The first-order chi connectivity index (χ1) is 12.7. The lowest BCUT2D eigenvalue weighted by Gasteiger charge is -2.26. The Kier molecular flexibility index (Phi) is 7.25. The third kappa shape index (κ3) is 5.67. The molecule has 0 saturated carbocycles. The lowest BCUT2D eigenvalue weighted by molar-refractivity contribution is 0.0358. The molecule has 1 aromatic carbocycles. The zero-order valence-corrected chi connectivity index (χ0v) is 16.0. The fraction of sp³-hybridized carbons (Fsp3) is 0.444. The molecule has 1 fully saturated rings. The molecule has 0 atom stereocenters. The molecule has 140 valence electrons. The van der Waals surface area contributed by atoms with Gasteiger partial charge >= 0.3 is 0 Å². The van der Waals surface area contributed by atoms with Crippen LogP contribution in [0.5, 0.6) is 5.75 Å². The highest BCUT2D eigenvalue weighted by molar-refractivity contribution is 7.07. The molecule has 0 unspecified atom stereocenters. The number of carbonyl (C=O) groups is 1. The number of aromatic nitrogens is 1. The van der Waals surface area contributed by atoms with E-state index in [-0.39, 0.29) is 5.91 Å². The molecule has 8 heteroatoms. The van der Waals surface area contributed by atoms with Gasteiger partial charge in [-0.15, -0.1) is 11.3 Å².